The Bertz CT molecular complexity index is 355. The van der Waals surface area contributed by atoms with Crippen molar-refractivity contribution < 1.29 is 8.85 Å². The molecule has 0 N–H and O–H groups in total. The van der Waals surface area contributed by atoms with Crippen molar-refractivity contribution in [2.24, 2.45) is 11.8 Å². The maximum absolute atomic E-state index is 6.82. The van der Waals surface area contributed by atoms with Gasteiger partial charge in [-0.15, -0.1) is 0 Å². The molecule has 0 atom stereocenters. The molecular formula is C22H44O2Si. The van der Waals surface area contributed by atoms with Crippen LogP contribution in [-0.2, 0) is 8.85 Å². The minimum Gasteiger partial charge on any atom is -0.394 e. The highest BCUT2D eigenvalue weighted by atomic mass is 28.4. The lowest BCUT2D eigenvalue weighted by Gasteiger charge is -2.57. The lowest BCUT2D eigenvalue weighted by atomic mass is 9.80. The van der Waals surface area contributed by atoms with Gasteiger partial charge >= 0.3 is 8.56 Å². The van der Waals surface area contributed by atoms with Crippen molar-refractivity contribution in [3.63, 3.8) is 0 Å². The summed E-state index contributed by atoms with van der Waals surface area (Å²) in [5.74, 6) is 1.52. The first-order valence-electron chi connectivity index (χ1n) is 11.1. The van der Waals surface area contributed by atoms with Crippen LogP contribution in [0.1, 0.15) is 106 Å². The van der Waals surface area contributed by atoms with Gasteiger partial charge in [0.05, 0.1) is 0 Å². The first-order valence-corrected chi connectivity index (χ1v) is 12.9. The third kappa shape index (κ3) is 4.04. The molecule has 0 amide bonds. The fraction of sp³-hybridized carbons (Fsp3) is 1.00. The zero-order chi connectivity index (χ0) is 18.6. The van der Waals surface area contributed by atoms with E-state index in [4.69, 9.17) is 8.85 Å². The Hall–Kier alpha value is 0.137. The van der Waals surface area contributed by atoms with E-state index in [9.17, 15) is 0 Å². The fourth-order valence-corrected chi connectivity index (χ4v) is 11.9. The summed E-state index contributed by atoms with van der Waals surface area (Å²) in [6.45, 7) is 16.0. The Labute approximate surface area is 158 Å². The minimum absolute atomic E-state index is 0.167. The molecule has 2 saturated carbocycles. The Morgan fingerprint density at radius 1 is 0.640 bits per heavy atom. The molecule has 0 unspecified atom stereocenters. The summed E-state index contributed by atoms with van der Waals surface area (Å²) in [6.07, 6.45) is 13.8. The van der Waals surface area contributed by atoms with Gasteiger partial charge < -0.3 is 8.85 Å². The molecule has 2 aliphatic carbocycles. The van der Waals surface area contributed by atoms with E-state index in [1.165, 1.54) is 64.2 Å². The molecule has 0 spiro atoms. The topological polar surface area (TPSA) is 18.5 Å². The molecule has 0 aromatic heterocycles. The van der Waals surface area contributed by atoms with Gasteiger partial charge in [0.1, 0.15) is 0 Å². The average Bonchev–Trinajstić information content (AvgIpc) is 2.62. The van der Waals surface area contributed by atoms with Gasteiger partial charge in [-0.25, -0.2) is 0 Å². The molecule has 2 nitrogen and oxygen atoms in total. The van der Waals surface area contributed by atoms with Crippen LogP contribution in [0.25, 0.3) is 0 Å². The predicted octanol–water partition coefficient (Wildman–Crippen LogP) is 7.22. The first-order chi connectivity index (χ1) is 11.8. The largest absolute Gasteiger partial charge is 0.394 e. The highest BCUT2D eigenvalue weighted by Gasteiger charge is 2.65. The lowest BCUT2D eigenvalue weighted by Crippen LogP contribution is -2.63. The summed E-state index contributed by atoms with van der Waals surface area (Å²) in [7, 11) is -2.43. The third-order valence-electron chi connectivity index (χ3n) is 7.64. The van der Waals surface area contributed by atoms with Gasteiger partial charge in [-0.2, -0.15) is 0 Å². The zero-order valence-corrected chi connectivity index (χ0v) is 19.0. The lowest BCUT2D eigenvalue weighted by molar-refractivity contribution is 0.0868. The molecule has 0 saturated heterocycles. The Kier molecular flexibility index (Phi) is 7.62. The molecule has 0 radical (unpaired) electrons. The van der Waals surface area contributed by atoms with E-state index < -0.39 is 8.56 Å². The molecule has 2 rings (SSSR count). The second-order valence-electron chi connectivity index (χ2n) is 9.60. The van der Waals surface area contributed by atoms with E-state index in [1.54, 1.807) is 0 Å². The van der Waals surface area contributed by atoms with Crippen molar-refractivity contribution in [2.45, 2.75) is 116 Å². The quantitative estimate of drug-likeness (QED) is 0.421. The highest BCUT2D eigenvalue weighted by Crippen LogP contribution is 2.63. The van der Waals surface area contributed by atoms with Crippen LogP contribution in [0.15, 0.2) is 0 Å². The summed E-state index contributed by atoms with van der Waals surface area (Å²) in [4.78, 5) is 0. The number of hydrogen-bond acceptors (Lipinski definition) is 2. The van der Waals surface area contributed by atoms with E-state index in [-0.39, 0.29) is 10.1 Å². The smallest absolute Gasteiger partial charge is 0.350 e. The summed E-state index contributed by atoms with van der Waals surface area (Å²) >= 11 is 0. The zero-order valence-electron chi connectivity index (χ0n) is 18.0. The van der Waals surface area contributed by atoms with Gasteiger partial charge in [0.2, 0.25) is 0 Å². The molecule has 25 heavy (non-hydrogen) atoms. The van der Waals surface area contributed by atoms with Crippen LogP contribution in [0, 0.1) is 11.8 Å². The van der Waals surface area contributed by atoms with E-state index in [1.807, 2.05) is 0 Å². The number of rotatable bonds is 8. The minimum atomic E-state index is -2.43. The molecule has 148 valence electrons. The van der Waals surface area contributed by atoms with Gasteiger partial charge in [-0.1, -0.05) is 91.9 Å². The normalized spacial score (nSPS) is 22.3. The van der Waals surface area contributed by atoms with Crippen LogP contribution in [-0.4, -0.2) is 21.8 Å². The Morgan fingerprint density at radius 2 is 0.960 bits per heavy atom. The highest BCUT2D eigenvalue weighted by molar-refractivity contribution is 6.73. The SMILES string of the molecule is CCO[Si](OCC)(C(C)(C)C1CCCCC1)C(C)(C)C1CCCCC1. The van der Waals surface area contributed by atoms with E-state index in [0.29, 0.717) is 0 Å². The van der Waals surface area contributed by atoms with Crippen molar-refractivity contribution >= 4 is 8.56 Å². The summed E-state index contributed by atoms with van der Waals surface area (Å²) in [5.41, 5.74) is 0. The molecule has 2 fully saturated rings. The summed E-state index contributed by atoms with van der Waals surface area (Å²) in [6, 6.07) is 0. The molecule has 0 aromatic carbocycles. The van der Waals surface area contributed by atoms with Crippen LogP contribution < -0.4 is 0 Å². The molecule has 0 bridgehead atoms. The second-order valence-corrected chi connectivity index (χ2v) is 14.0. The van der Waals surface area contributed by atoms with Crippen molar-refractivity contribution in [1.82, 2.24) is 0 Å². The van der Waals surface area contributed by atoms with Crippen LogP contribution in [0.4, 0.5) is 0 Å². The fourth-order valence-electron chi connectivity index (χ4n) is 6.21. The van der Waals surface area contributed by atoms with Gasteiger partial charge in [0.25, 0.3) is 0 Å². The third-order valence-corrected chi connectivity index (χ3v) is 13.2. The van der Waals surface area contributed by atoms with Gasteiger partial charge in [0, 0.05) is 23.3 Å². The second kappa shape index (κ2) is 8.88. The Morgan fingerprint density at radius 3 is 1.24 bits per heavy atom. The monoisotopic (exact) mass is 368 g/mol. The average molecular weight is 369 g/mol. The van der Waals surface area contributed by atoms with Crippen LogP contribution in [0.5, 0.6) is 0 Å². The van der Waals surface area contributed by atoms with Crippen molar-refractivity contribution in [3.8, 4) is 0 Å². The molecule has 0 aromatic rings. The standard InChI is InChI=1S/C22H44O2Si/c1-7-23-25(24-8-2,21(3,4)19-15-11-9-12-16-19)22(5,6)20-17-13-10-14-18-20/h19-20H,7-18H2,1-6H3. The molecule has 2 aliphatic rings. The molecular weight excluding hydrogens is 324 g/mol. The van der Waals surface area contributed by atoms with Crippen molar-refractivity contribution in [2.75, 3.05) is 13.2 Å². The maximum Gasteiger partial charge on any atom is 0.350 e. The van der Waals surface area contributed by atoms with Crippen molar-refractivity contribution in [3.05, 3.63) is 0 Å². The Balaban J connectivity index is 2.43. The first kappa shape index (κ1) is 21.4. The van der Waals surface area contributed by atoms with Crippen molar-refractivity contribution in [1.29, 1.82) is 0 Å². The van der Waals surface area contributed by atoms with E-state index in [2.05, 4.69) is 41.5 Å². The van der Waals surface area contributed by atoms with E-state index >= 15 is 0 Å². The van der Waals surface area contributed by atoms with Crippen LogP contribution in [0.2, 0.25) is 10.1 Å². The summed E-state index contributed by atoms with van der Waals surface area (Å²) < 4.78 is 13.6. The molecule has 0 aliphatic heterocycles. The van der Waals surface area contributed by atoms with Gasteiger partial charge in [-0.3, -0.25) is 0 Å². The molecule has 3 heteroatoms. The maximum atomic E-state index is 6.82. The van der Waals surface area contributed by atoms with Gasteiger partial charge in [0.15, 0.2) is 0 Å². The summed E-state index contributed by atoms with van der Waals surface area (Å²) in [5, 5.41) is 0.334. The predicted molar refractivity (Wildman–Crippen MR) is 110 cm³/mol. The van der Waals surface area contributed by atoms with Crippen LogP contribution in [0.3, 0.4) is 0 Å². The number of hydrogen-bond donors (Lipinski definition) is 0. The van der Waals surface area contributed by atoms with E-state index in [0.717, 1.165) is 25.0 Å². The van der Waals surface area contributed by atoms with Gasteiger partial charge in [-0.05, 0) is 25.7 Å². The van der Waals surface area contributed by atoms with Crippen LogP contribution >= 0.6 is 0 Å². The molecule has 0 heterocycles.